The molecular formula is C14H24N2O5. The summed E-state index contributed by atoms with van der Waals surface area (Å²) in [5.41, 5.74) is -0.575. The predicted octanol–water partition coefficient (Wildman–Crippen LogP) is 0.519. The topological polar surface area (TPSA) is 90.3 Å². The molecule has 2 aliphatic heterocycles. The van der Waals surface area contributed by atoms with E-state index in [-0.39, 0.29) is 25.3 Å². The van der Waals surface area contributed by atoms with Gasteiger partial charge >= 0.3 is 12.0 Å². The van der Waals surface area contributed by atoms with E-state index in [1.54, 1.807) is 9.80 Å². The van der Waals surface area contributed by atoms with Gasteiger partial charge in [-0.15, -0.1) is 0 Å². The molecule has 2 aliphatic rings. The number of aliphatic carboxylic acids is 1. The summed E-state index contributed by atoms with van der Waals surface area (Å²) in [6.45, 7) is 2.92. The number of aliphatic hydroxyl groups excluding tert-OH is 1. The average Bonchev–Trinajstić information content (AvgIpc) is 2.66. The maximum Gasteiger partial charge on any atom is 0.329 e. The lowest BCUT2D eigenvalue weighted by molar-refractivity contribution is -0.160. The van der Waals surface area contributed by atoms with Gasteiger partial charge in [-0.2, -0.15) is 0 Å². The molecule has 2 N–H and O–H groups in total. The van der Waals surface area contributed by atoms with Crippen molar-refractivity contribution < 1.29 is 24.5 Å². The highest BCUT2D eigenvalue weighted by Gasteiger charge is 2.44. The fourth-order valence-electron chi connectivity index (χ4n) is 3.02. The lowest BCUT2D eigenvalue weighted by Gasteiger charge is -2.49. The molecule has 2 heterocycles. The number of nitrogens with zero attached hydrogens (tertiary/aromatic N) is 2. The molecule has 0 aromatic carbocycles. The van der Waals surface area contributed by atoms with Gasteiger partial charge in [0.05, 0.1) is 25.7 Å². The van der Waals surface area contributed by atoms with Gasteiger partial charge in [0.1, 0.15) is 12.2 Å². The highest BCUT2D eigenvalue weighted by atomic mass is 16.5. The molecule has 0 spiro atoms. The molecule has 2 saturated heterocycles. The molecule has 2 rings (SSSR count). The molecule has 2 fully saturated rings. The van der Waals surface area contributed by atoms with E-state index in [2.05, 4.69) is 0 Å². The fraction of sp³-hybridized carbons (Fsp3) is 0.857. The van der Waals surface area contributed by atoms with Crippen molar-refractivity contribution in [2.24, 2.45) is 0 Å². The standard InChI is InChI=1S/C14H24N2O5/c1-14(21-8-12(18)19)9-15(10-14)13(20)16-6-4-2-3-5-11(16)7-17/h11,17H,2-10H2,1H3,(H,18,19). The first-order valence-corrected chi connectivity index (χ1v) is 7.47. The van der Waals surface area contributed by atoms with E-state index in [1.807, 2.05) is 6.92 Å². The van der Waals surface area contributed by atoms with Gasteiger partial charge in [-0.05, 0) is 19.8 Å². The summed E-state index contributed by atoms with van der Waals surface area (Å²) in [5, 5.41) is 18.1. The van der Waals surface area contributed by atoms with Crippen molar-refractivity contribution in [1.82, 2.24) is 9.80 Å². The Balaban J connectivity index is 1.88. The Morgan fingerprint density at radius 2 is 2.00 bits per heavy atom. The molecule has 7 heteroatoms. The number of carboxylic acid groups (broad SMARTS) is 1. The van der Waals surface area contributed by atoms with Crippen molar-refractivity contribution in [2.45, 2.75) is 44.2 Å². The third-order valence-electron chi connectivity index (χ3n) is 4.20. The Morgan fingerprint density at radius 3 is 2.62 bits per heavy atom. The van der Waals surface area contributed by atoms with E-state index < -0.39 is 11.6 Å². The molecule has 0 saturated carbocycles. The Labute approximate surface area is 124 Å². The quantitative estimate of drug-likeness (QED) is 0.790. The number of likely N-dealkylation sites (tertiary alicyclic amines) is 2. The maximum absolute atomic E-state index is 12.5. The van der Waals surface area contributed by atoms with Gasteiger partial charge in [0, 0.05) is 6.54 Å². The van der Waals surface area contributed by atoms with Crippen LogP contribution in [0.2, 0.25) is 0 Å². The molecule has 0 aromatic heterocycles. The number of aliphatic hydroxyl groups is 1. The van der Waals surface area contributed by atoms with Crippen molar-refractivity contribution >= 4 is 12.0 Å². The van der Waals surface area contributed by atoms with Crippen LogP contribution >= 0.6 is 0 Å². The maximum atomic E-state index is 12.5. The second kappa shape index (κ2) is 6.62. The van der Waals surface area contributed by atoms with E-state index in [0.29, 0.717) is 19.6 Å². The first-order chi connectivity index (χ1) is 9.95. The fourth-order valence-corrected chi connectivity index (χ4v) is 3.02. The number of carbonyl (C=O) groups is 2. The van der Waals surface area contributed by atoms with Crippen molar-refractivity contribution in [3.8, 4) is 0 Å². The molecule has 0 bridgehead atoms. The summed E-state index contributed by atoms with van der Waals surface area (Å²) in [4.78, 5) is 26.4. The van der Waals surface area contributed by atoms with Crippen LogP contribution in [0.1, 0.15) is 32.6 Å². The van der Waals surface area contributed by atoms with Gasteiger partial charge in [-0.25, -0.2) is 9.59 Å². The van der Waals surface area contributed by atoms with Gasteiger partial charge in [0.2, 0.25) is 0 Å². The Morgan fingerprint density at radius 1 is 1.29 bits per heavy atom. The molecule has 7 nitrogen and oxygen atoms in total. The highest BCUT2D eigenvalue weighted by Crippen LogP contribution is 2.27. The van der Waals surface area contributed by atoms with Crippen molar-refractivity contribution in [2.75, 3.05) is 32.8 Å². The monoisotopic (exact) mass is 300 g/mol. The molecule has 0 aliphatic carbocycles. The zero-order chi connectivity index (χ0) is 15.5. The molecular weight excluding hydrogens is 276 g/mol. The van der Waals surface area contributed by atoms with Crippen molar-refractivity contribution in [3.63, 3.8) is 0 Å². The van der Waals surface area contributed by atoms with E-state index in [4.69, 9.17) is 9.84 Å². The lowest BCUT2D eigenvalue weighted by Crippen LogP contribution is -2.66. The average molecular weight is 300 g/mol. The third-order valence-corrected chi connectivity index (χ3v) is 4.20. The van der Waals surface area contributed by atoms with Crippen LogP contribution in [0.15, 0.2) is 0 Å². The smallest absolute Gasteiger partial charge is 0.329 e. The summed E-state index contributed by atoms with van der Waals surface area (Å²) in [7, 11) is 0. The third kappa shape index (κ3) is 3.85. The van der Waals surface area contributed by atoms with E-state index in [1.165, 1.54) is 0 Å². The number of amides is 2. The van der Waals surface area contributed by atoms with Crippen LogP contribution in [0.5, 0.6) is 0 Å². The first kappa shape index (κ1) is 16.0. The Hall–Kier alpha value is -1.34. The van der Waals surface area contributed by atoms with Crippen LogP contribution in [0.4, 0.5) is 4.79 Å². The predicted molar refractivity (Wildman–Crippen MR) is 75.0 cm³/mol. The Bertz CT molecular complexity index is 395. The number of carbonyl (C=O) groups excluding carboxylic acids is 1. The molecule has 120 valence electrons. The second-order valence-corrected chi connectivity index (χ2v) is 6.15. The van der Waals surface area contributed by atoms with E-state index in [0.717, 1.165) is 25.7 Å². The minimum Gasteiger partial charge on any atom is -0.480 e. The molecule has 0 aromatic rings. The zero-order valence-corrected chi connectivity index (χ0v) is 12.5. The molecule has 0 radical (unpaired) electrons. The number of ether oxygens (including phenoxy) is 1. The minimum atomic E-state index is -1.01. The summed E-state index contributed by atoms with van der Waals surface area (Å²) < 4.78 is 5.31. The Kier molecular flexibility index (Phi) is 5.05. The summed E-state index contributed by atoms with van der Waals surface area (Å²) in [6, 6.07) is -0.181. The minimum absolute atomic E-state index is 0.00758. The molecule has 21 heavy (non-hydrogen) atoms. The van der Waals surface area contributed by atoms with Crippen LogP contribution < -0.4 is 0 Å². The van der Waals surface area contributed by atoms with Crippen LogP contribution in [0, 0.1) is 0 Å². The number of carboxylic acids is 1. The molecule has 1 unspecified atom stereocenters. The largest absolute Gasteiger partial charge is 0.480 e. The zero-order valence-electron chi connectivity index (χ0n) is 12.5. The van der Waals surface area contributed by atoms with Crippen LogP contribution in [0.25, 0.3) is 0 Å². The van der Waals surface area contributed by atoms with E-state index >= 15 is 0 Å². The summed E-state index contributed by atoms with van der Waals surface area (Å²) >= 11 is 0. The number of hydrogen-bond acceptors (Lipinski definition) is 4. The SMILES string of the molecule is CC1(OCC(=O)O)CN(C(=O)N2CCCCCC2CO)C1. The molecule has 2 amide bonds. The van der Waals surface area contributed by atoms with Crippen LogP contribution in [-0.2, 0) is 9.53 Å². The lowest BCUT2D eigenvalue weighted by atomic mass is 9.96. The van der Waals surface area contributed by atoms with Gasteiger partial charge < -0.3 is 24.7 Å². The first-order valence-electron chi connectivity index (χ1n) is 7.47. The van der Waals surface area contributed by atoms with Crippen LogP contribution in [0.3, 0.4) is 0 Å². The summed E-state index contributed by atoms with van der Waals surface area (Å²) in [5.74, 6) is -1.01. The van der Waals surface area contributed by atoms with Gasteiger partial charge in [0.15, 0.2) is 0 Å². The van der Waals surface area contributed by atoms with Gasteiger partial charge in [0.25, 0.3) is 0 Å². The number of hydrogen-bond donors (Lipinski definition) is 2. The van der Waals surface area contributed by atoms with E-state index in [9.17, 15) is 14.7 Å². The summed E-state index contributed by atoms with van der Waals surface area (Å²) in [6.07, 6.45) is 3.92. The van der Waals surface area contributed by atoms with Crippen molar-refractivity contribution in [1.29, 1.82) is 0 Å². The number of rotatable bonds is 4. The molecule has 1 atom stereocenters. The highest BCUT2D eigenvalue weighted by molar-refractivity contribution is 5.76. The normalized spacial score (nSPS) is 25.1. The van der Waals surface area contributed by atoms with Crippen LogP contribution in [-0.4, -0.2) is 76.5 Å². The van der Waals surface area contributed by atoms with Gasteiger partial charge in [-0.1, -0.05) is 12.8 Å². The second-order valence-electron chi connectivity index (χ2n) is 6.15. The number of urea groups is 1. The van der Waals surface area contributed by atoms with Gasteiger partial charge in [-0.3, -0.25) is 0 Å². The van der Waals surface area contributed by atoms with Crippen molar-refractivity contribution in [3.05, 3.63) is 0 Å².